The minimum atomic E-state index is -0.489. The minimum absolute atomic E-state index is 0.489. The van der Waals surface area contributed by atoms with Crippen LogP contribution in [0.1, 0.15) is 22.3 Å². The van der Waals surface area contributed by atoms with Crippen molar-refractivity contribution in [1.29, 1.82) is 0 Å². The minimum Gasteiger partial charge on any atom is -0.309 e. The fourth-order valence-corrected chi connectivity index (χ4v) is 14.0. The van der Waals surface area contributed by atoms with Gasteiger partial charge in [-0.3, -0.25) is 0 Å². The van der Waals surface area contributed by atoms with E-state index in [1.807, 2.05) is 0 Å². The molecule has 0 bridgehead atoms. The van der Waals surface area contributed by atoms with Crippen molar-refractivity contribution in [2.75, 3.05) is 0 Å². The summed E-state index contributed by atoms with van der Waals surface area (Å²) in [7, 11) is 0. The summed E-state index contributed by atoms with van der Waals surface area (Å²) < 4.78 is 2.45. The summed E-state index contributed by atoms with van der Waals surface area (Å²) in [4.78, 5) is 11.4. The van der Waals surface area contributed by atoms with Crippen LogP contribution in [0.5, 0.6) is 0 Å². The van der Waals surface area contributed by atoms with Gasteiger partial charge >= 0.3 is 0 Å². The highest BCUT2D eigenvalue weighted by molar-refractivity contribution is 6.26. The molecule has 13 aromatic carbocycles. The second-order valence-corrected chi connectivity index (χ2v) is 21.5. The Morgan fingerprint density at radius 1 is 0.250 bits per heavy atom. The van der Waals surface area contributed by atoms with Gasteiger partial charge in [0.25, 0.3) is 0 Å². The van der Waals surface area contributed by atoms with E-state index in [4.69, 9.17) is 9.97 Å². The van der Waals surface area contributed by atoms with Crippen molar-refractivity contribution >= 4 is 54.1 Å². The summed E-state index contributed by atoms with van der Waals surface area (Å²) in [5.41, 5.74) is 22.3. The van der Waals surface area contributed by atoms with Crippen molar-refractivity contribution < 1.29 is 0 Å². The van der Waals surface area contributed by atoms with E-state index in [0.717, 1.165) is 55.9 Å². The summed E-state index contributed by atoms with van der Waals surface area (Å²) >= 11 is 0. The molecule has 0 aliphatic heterocycles. The molecule has 0 unspecified atom stereocenters. The Labute approximate surface area is 463 Å². The van der Waals surface area contributed by atoms with E-state index in [1.165, 1.54) is 98.7 Å². The van der Waals surface area contributed by atoms with E-state index >= 15 is 0 Å². The lowest BCUT2D eigenvalue weighted by atomic mass is 9.70. The SMILES string of the molecule is c1ccc(-c2ccc3c4ccccc4n(-c4cc(-c5ccc6c7ccccc7c7ccccc7c6c5)cc(-c5nc(-c6ccccc6)cc(-c6cccc7c6-c6ccccc6C76c7ccccc7-c7ccccc76)n5)c4)c3c2)cc1. The van der Waals surface area contributed by atoms with Crippen molar-refractivity contribution in [3.8, 4) is 84.1 Å². The Kier molecular flexibility index (Phi) is 9.63. The predicted molar refractivity (Wildman–Crippen MR) is 332 cm³/mol. The lowest BCUT2D eigenvalue weighted by Gasteiger charge is -2.30. The molecule has 3 heteroatoms. The lowest BCUT2D eigenvalue weighted by molar-refractivity contribution is 0.794. The zero-order chi connectivity index (χ0) is 52.5. The molecule has 1 spiro atoms. The average molecular weight is 1010 g/mol. The number of fused-ring (bicyclic) bond motifs is 19. The number of hydrogen-bond acceptors (Lipinski definition) is 2. The Bertz CT molecular complexity index is 4990. The van der Waals surface area contributed by atoms with Crippen LogP contribution in [0.25, 0.3) is 138 Å². The first-order valence-corrected chi connectivity index (χ1v) is 27.6. The maximum atomic E-state index is 5.79. The zero-order valence-corrected chi connectivity index (χ0v) is 43.5. The van der Waals surface area contributed by atoms with Crippen LogP contribution in [-0.2, 0) is 5.41 Å². The molecule has 0 N–H and O–H groups in total. The van der Waals surface area contributed by atoms with Crippen LogP contribution in [0.3, 0.4) is 0 Å². The molecule has 2 aliphatic rings. The molecule has 0 fully saturated rings. The molecular formula is C77H47N3. The van der Waals surface area contributed by atoms with Crippen LogP contribution >= 0.6 is 0 Å². The van der Waals surface area contributed by atoms with Gasteiger partial charge in [0.05, 0.1) is 27.8 Å². The van der Waals surface area contributed by atoms with Crippen LogP contribution in [0.15, 0.2) is 285 Å². The number of benzene rings is 13. The number of hydrogen-bond donors (Lipinski definition) is 0. The fraction of sp³-hybridized carbons (Fsp3) is 0.0130. The highest BCUT2D eigenvalue weighted by Gasteiger charge is 2.52. The van der Waals surface area contributed by atoms with E-state index in [-0.39, 0.29) is 0 Å². The standard InChI is InChI=1S/C77H47N3/c1-3-20-48(21-4-1)51-39-41-63-62-30-14-18-37-73(62)80(74(63)46-51)54-43-52(50-38-40-59-57-26-8-7-24-55(57)56-25-9-10-27-58(56)66(59)45-50)42-53(44-54)76-78-71(49-22-5-2-6-23-49)47-72(79-76)65-32-19-36-70-75(65)64-31-13-17-35-69(64)77(70)67-33-15-11-28-60(67)61-29-12-16-34-68(61)77/h1-47H. The van der Waals surface area contributed by atoms with Gasteiger partial charge < -0.3 is 4.57 Å². The zero-order valence-electron chi connectivity index (χ0n) is 43.5. The first-order valence-electron chi connectivity index (χ1n) is 27.6. The maximum Gasteiger partial charge on any atom is 0.160 e. The van der Waals surface area contributed by atoms with Crippen molar-refractivity contribution in [1.82, 2.24) is 14.5 Å². The lowest BCUT2D eigenvalue weighted by Crippen LogP contribution is -2.25. The molecule has 15 aromatic rings. The average Bonchev–Trinajstić information content (AvgIpc) is 3.15. The van der Waals surface area contributed by atoms with Gasteiger partial charge in [0, 0.05) is 33.2 Å². The molecule has 0 radical (unpaired) electrons. The molecule has 370 valence electrons. The van der Waals surface area contributed by atoms with Gasteiger partial charge in [0.15, 0.2) is 5.82 Å². The second-order valence-electron chi connectivity index (χ2n) is 21.5. The Morgan fingerprint density at radius 2 is 0.725 bits per heavy atom. The van der Waals surface area contributed by atoms with Gasteiger partial charge in [-0.05, 0) is 142 Å². The van der Waals surface area contributed by atoms with Crippen LogP contribution in [-0.4, -0.2) is 14.5 Å². The van der Waals surface area contributed by atoms with Crippen molar-refractivity contribution in [3.05, 3.63) is 307 Å². The Morgan fingerprint density at radius 3 is 1.41 bits per heavy atom. The number of nitrogens with zero attached hydrogens (tertiary/aromatic N) is 3. The Hall–Kier alpha value is -10.5. The van der Waals surface area contributed by atoms with E-state index < -0.39 is 5.41 Å². The molecule has 0 saturated carbocycles. The van der Waals surface area contributed by atoms with Crippen LogP contribution in [0, 0.1) is 0 Å². The third-order valence-electron chi connectivity index (χ3n) is 17.4. The molecule has 3 nitrogen and oxygen atoms in total. The summed E-state index contributed by atoms with van der Waals surface area (Å²) in [6, 6.07) is 105. The molecule has 17 rings (SSSR count). The highest BCUT2D eigenvalue weighted by atomic mass is 15.0. The Balaban J connectivity index is 0.943. The largest absolute Gasteiger partial charge is 0.309 e. The van der Waals surface area contributed by atoms with E-state index in [1.54, 1.807) is 0 Å². The van der Waals surface area contributed by atoms with Gasteiger partial charge in [-0.1, -0.05) is 243 Å². The van der Waals surface area contributed by atoms with Gasteiger partial charge in [-0.2, -0.15) is 0 Å². The number of para-hydroxylation sites is 1. The summed E-state index contributed by atoms with van der Waals surface area (Å²) in [6.45, 7) is 0. The third kappa shape index (κ3) is 6.43. The topological polar surface area (TPSA) is 30.7 Å². The smallest absolute Gasteiger partial charge is 0.160 e. The summed E-state index contributed by atoms with van der Waals surface area (Å²) in [5.74, 6) is 0.655. The molecular weight excluding hydrogens is 967 g/mol. The van der Waals surface area contributed by atoms with Crippen molar-refractivity contribution in [3.63, 3.8) is 0 Å². The monoisotopic (exact) mass is 1010 g/mol. The predicted octanol–water partition coefficient (Wildman–Crippen LogP) is 19.7. The molecule has 2 aliphatic carbocycles. The van der Waals surface area contributed by atoms with E-state index in [9.17, 15) is 0 Å². The van der Waals surface area contributed by atoms with Gasteiger partial charge in [0.1, 0.15) is 0 Å². The first-order chi connectivity index (χ1) is 39.7. The quantitative estimate of drug-likeness (QED) is 0.155. The van der Waals surface area contributed by atoms with Gasteiger partial charge in [-0.25, -0.2) is 9.97 Å². The molecule has 0 atom stereocenters. The summed E-state index contributed by atoms with van der Waals surface area (Å²) in [5, 5.41) is 9.87. The van der Waals surface area contributed by atoms with Crippen LogP contribution in [0.2, 0.25) is 0 Å². The third-order valence-corrected chi connectivity index (χ3v) is 17.4. The van der Waals surface area contributed by atoms with Crippen LogP contribution < -0.4 is 0 Å². The van der Waals surface area contributed by atoms with Gasteiger partial charge in [-0.15, -0.1) is 0 Å². The molecule has 2 heterocycles. The molecule has 0 saturated heterocycles. The highest BCUT2D eigenvalue weighted by Crippen LogP contribution is 2.64. The molecule has 80 heavy (non-hydrogen) atoms. The fourth-order valence-electron chi connectivity index (χ4n) is 14.0. The molecule has 0 amide bonds. The second kappa shape index (κ2) is 17.3. The van der Waals surface area contributed by atoms with Crippen LogP contribution in [0.4, 0.5) is 0 Å². The molecule has 2 aromatic heterocycles. The van der Waals surface area contributed by atoms with Crippen molar-refractivity contribution in [2.45, 2.75) is 5.41 Å². The van der Waals surface area contributed by atoms with E-state index in [2.05, 4.69) is 290 Å². The number of aromatic nitrogens is 3. The maximum absolute atomic E-state index is 5.79. The van der Waals surface area contributed by atoms with Gasteiger partial charge in [0.2, 0.25) is 0 Å². The van der Waals surface area contributed by atoms with Crippen molar-refractivity contribution in [2.24, 2.45) is 0 Å². The van der Waals surface area contributed by atoms with E-state index in [0.29, 0.717) is 5.82 Å². The first kappa shape index (κ1) is 44.6. The number of rotatable bonds is 6. The normalized spacial score (nSPS) is 12.8. The summed E-state index contributed by atoms with van der Waals surface area (Å²) in [6.07, 6.45) is 0.